The number of ketones is 1. The number of nitrogens with zero attached hydrogens (tertiary/aromatic N) is 6. The first-order chi connectivity index (χ1) is 11.7. The minimum Gasteiger partial charge on any atom is -0.297 e. The topological polar surface area (TPSA) is 97.4 Å². The lowest BCUT2D eigenvalue weighted by Crippen LogP contribution is -2.14. The average Bonchev–Trinajstić information content (AvgIpc) is 3.30. The summed E-state index contributed by atoms with van der Waals surface area (Å²) in [6.07, 6.45) is 0. The molecule has 0 saturated heterocycles. The Bertz CT molecular complexity index is 863. The van der Waals surface area contributed by atoms with Crippen LogP contribution in [0.25, 0.3) is 0 Å². The second-order valence-electron chi connectivity index (χ2n) is 4.84. The van der Waals surface area contributed by atoms with Crippen molar-refractivity contribution in [1.29, 1.82) is 5.26 Å². The number of thiophene rings is 1. The summed E-state index contributed by atoms with van der Waals surface area (Å²) in [6.45, 7) is 2.40. The van der Waals surface area contributed by atoms with Crippen molar-refractivity contribution in [3.63, 3.8) is 0 Å². The minimum atomic E-state index is -0.835. The molecule has 0 aromatic carbocycles. The number of nitriles is 1. The highest BCUT2D eigenvalue weighted by atomic mass is 32.2. The van der Waals surface area contributed by atoms with Crippen molar-refractivity contribution in [2.75, 3.05) is 5.75 Å². The highest BCUT2D eigenvalue weighted by Gasteiger charge is 2.24. The smallest absolute Gasteiger partial charge is 0.210 e. The third kappa shape index (κ3) is 3.87. The molecule has 0 aliphatic rings. The second-order valence-corrected chi connectivity index (χ2v) is 7.71. The number of carbonyl (C=O) groups is 1. The molecule has 0 spiro atoms. The molecule has 0 aliphatic heterocycles. The van der Waals surface area contributed by atoms with Crippen molar-refractivity contribution in [1.82, 2.24) is 25.2 Å². The number of tetrazole rings is 1. The molecule has 10 heteroatoms. The molecule has 24 heavy (non-hydrogen) atoms. The predicted octanol–water partition coefficient (Wildman–Crippen LogP) is 2.52. The summed E-state index contributed by atoms with van der Waals surface area (Å²) in [4.78, 5) is 17.7. The zero-order valence-electron chi connectivity index (χ0n) is 12.6. The molecule has 0 N–H and O–H groups in total. The Labute approximate surface area is 150 Å². The standard InChI is InChI=1S/C14H12N6OS3/c1-9-7-23-13(16-9)11(5-15)12(21)8-24-14-17-18-19-20(14)6-10-3-2-4-22-10/h2-4,7,11H,6,8H2,1H3/t11-/m1/s1. The molecule has 3 heterocycles. The van der Waals surface area contributed by atoms with Crippen molar-refractivity contribution in [3.05, 3.63) is 38.5 Å². The van der Waals surface area contributed by atoms with Crippen LogP contribution < -0.4 is 0 Å². The van der Waals surface area contributed by atoms with E-state index in [1.807, 2.05) is 35.9 Å². The van der Waals surface area contributed by atoms with Crippen molar-refractivity contribution < 1.29 is 4.79 Å². The van der Waals surface area contributed by atoms with Crippen molar-refractivity contribution in [2.24, 2.45) is 0 Å². The Morgan fingerprint density at radius 1 is 1.50 bits per heavy atom. The third-order valence-electron chi connectivity index (χ3n) is 3.06. The first-order valence-electron chi connectivity index (χ1n) is 6.93. The van der Waals surface area contributed by atoms with Gasteiger partial charge in [-0.3, -0.25) is 4.79 Å². The van der Waals surface area contributed by atoms with E-state index in [-0.39, 0.29) is 11.5 Å². The molecule has 1 atom stereocenters. The molecule has 0 fully saturated rings. The maximum absolute atomic E-state index is 12.4. The lowest BCUT2D eigenvalue weighted by Gasteiger charge is -2.05. The highest BCUT2D eigenvalue weighted by Crippen LogP contribution is 2.24. The van der Waals surface area contributed by atoms with Crippen LogP contribution >= 0.6 is 34.4 Å². The van der Waals surface area contributed by atoms with Gasteiger partial charge in [0.2, 0.25) is 5.16 Å². The number of rotatable bonds is 7. The molecular formula is C14H12N6OS3. The van der Waals surface area contributed by atoms with E-state index in [9.17, 15) is 10.1 Å². The number of carbonyl (C=O) groups excluding carboxylic acids is 1. The van der Waals surface area contributed by atoms with Gasteiger partial charge in [-0.05, 0) is 28.8 Å². The molecule has 122 valence electrons. The van der Waals surface area contributed by atoms with Crippen LogP contribution in [-0.4, -0.2) is 36.7 Å². The van der Waals surface area contributed by atoms with E-state index in [4.69, 9.17) is 0 Å². The first-order valence-corrected chi connectivity index (χ1v) is 9.67. The van der Waals surface area contributed by atoms with Gasteiger partial charge in [0.05, 0.1) is 18.4 Å². The summed E-state index contributed by atoms with van der Waals surface area (Å²) < 4.78 is 1.65. The molecule has 0 radical (unpaired) electrons. The van der Waals surface area contributed by atoms with E-state index >= 15 is 0 Å². The fourth-order valence-electron chi connectivity index (χ4n) is 1.94. The zero-order chi connectivity index (χ0) is 16.9. The largest absolute Gasteiger partial charge is 0.297 e. The van der Waals surface area contributed by atoms with Crippen LogP contribution in [0.5, 0.6) is 0 Å². The molecule has 3 rings (SSSR count). The summed E-state index contributed by atoms with van der Waals surface area (Å²) >= 11 is 4.19. The van der Waals surface area contributed by atoms with Crippen LogP contribution in [-0.2, 0) is 11.3 Å². The van der Waals surface area contributed by atoms with Gasteiger partial charge in [-0.1, -0.05) is 17.8 Å². The van der Waals surface area contributed by atoms with Crippen LogP contribution in [0, 0.1) is 18.3 Å². The van der Waals surface area contributed by atoms with E-state index < -0.39 is 5.92 Å². The molecule has 0 amide bonds. The van der Waals surface area contributed by atoms with Gasteiger partial charge in [0.15, 0.2) is 11.7 Å². The summed E-state index contributed by atoms with van der Waals surface area (Å²) in [7, 11) is 0. The number of hydrogen-bond donors (Lipinski definition) is 0. The van der Waals surface area contributed by atoms with Crippen molar-refractivity contribution in [2.45, 2.75) is 24.5 Å². The molecule has 0 unspecified atom stereocenters. The number of aryl methyl sites for hydroxylation is 1. The van der Waals surface area contributed by atoms with E-state index in [2.05, 4.69) is 20.5 Å². The van der Waals surface area contributed by atoms with Gasteiger partial charge in [-0.25, -0.2) is 9.67 Å². The van der Waals surface area contributed by atoms with Gasteiger partial charge < -0.3 is 0 Å². The van der Waals surface area contributed by atoms with Gasteiger partial charge in [0.25, 0.3) is 0 Å². The van der Waals surface area contributed by atoms with E-state index in [1.54, 1.807) is 16.0 Å². The normalized spacial score (nSPS) is 12.0. The summed E-state index contributed by atoms with van der Waals surface area (Å²) in [5, 5.41) is 25.8. The molecule has 3 aromatic heterocycles. The Kier molecular flexibility index (Phi) is 5.34. The van der Waals surface area contributed by atoms with E-state index in [0.717, 1.165) is 10.6 Å². The number of thioether (sulfide) groups is 1. The number of aromatic nitrogens is 5. The van der Waals surface area contributed by atoms with Crippen LogP contribution in [0.2, 0.25) is 0 Å². The van der Waals surface area contributed by atoms with Gasteiger partial charge >= 0.3 is 0 Å². The predicted molar refractivity (Wildman–Crippen MR) is 92.2 cm³/mol. The Hall–Kier alpha value is -2.09. The third-order valence-corrected chi connectivity index (χ3v) is 5.93. The summed E-state index contributed by atoms with van der Waals surface area (Å²) in [6, 6.07) is 6.01. The Balaban J connectivity index is 1.64. The SMILES string of the molecule is Cc1csc([C@H](C#N)C(=O)CSc2nnnn2Cc2cccs2)n1. The number of thiazole rings is 1. The van der Waals surface area contributed by atoms with Crippen LogP contribution in [0.1, 0.15) is 21.5 Å². The molecule has 7 nitrogen and oxygen atoms in total. The lowest BCUT2D eigenvalue weighted by molar-refractivity contribution is -0.116. The van der Waals surface area contributed by atoms with Gasteiger partial charge in [-0.2, -0.15) is 5.26 Å². The molecular weight excluding hydrogens is 364 g/mol. The maximum atomic E-state index is 12.4. The van der Waals surface area contributed by atoms with Gasteiger partial charge in [0, 0.05) is 16.0 Å². The average molecular weight is 376 g/mol. The van der Waals surface area contributed by atoms with Crippen LogP contribution in [0.3, 0.4) is 0 Å². The second kappa shape index (κ2) is 7.65. The fourth-order valence-corrected chi connectivity index (χ4v) is 4.27. The zero-order valence-corrected chi connectivity index (χ0v) is 15.1. The van der Waals surface area contributed by atoms with Crippen LogP contribution in [0.4, 0.5) is 0 Å². The first kappa shape index (κ1) is 16.8. The summed E-state index contributed by atoms with van der Waals surface area (Å²) in [5.41, 5.74) is 0.815. The van der Waals surface area contributed by atoms with Gasteiger partial charge in [0.1, 0.15) is 5.01 Å². The lowest BCUT2D eigenvalue weighted by atomic mass is 10.1. The van der Waals surface area contributed by atoms with E-state index in [0.29, 0.717) is 16.7 Å². The summed E-state index contributed by atoms with van der Waals surface area (Å²) in [5.74, 6) is -0.901. The highest BCUT2D eigenvalue weighted by molar-refractivity contribution is 7.99. The quantitative estimate of drug-likeness (QED) is 0.584. The number of Topliss-reactive ketones (excluding diaryl/α,β-unsaturated/α-hetero) is 1. The minimum absolute atomic E-state index is 0.127. The Morgan fingerprint density at radius 3 is 3.04 bits per heavy atom. The molecule has 0 bridgehead atoms. The Morgan fingerprint density at radius 2 is 2.38 bits per heavy atom. The molecule has 0 saturated carbocycles. The van der Waals surface area contributed by atoms with Crippen molar-refractivity contribution in [3.8, 4) is 6.07 Å². The molecule has 0 aliphatic carbocycles. The van der Waals surface area contributed by atoms with Crippen molar-refractivity contribution >= 4 is 40.2 Å². The molecule has 3 aromatic rings. The van der Waals surface area contributed by atoms with E-state index in [1.165, 1.54) is 23.1 Å². The number of hydrogen-bond acceptors (Lipinski definition) is 9. The fraction of sp³-hybridized carbons (Fsp3) is 0.286. The van der Waals surface area contributed by atoms with Crippen LogP contribution in [0.15, 0.2) is 28.0 Å². The maximum Gasteiger partial charge on any atom is 0.210 e. The monoisotopic (exact) mass is 376 g/mol. The van der Waals surface area contributed by atoms with Gasteiger partial charge in [-0.15, -0.1) is 27.8 Å².